The molecule has 0 saturated carbocycles. The monoisotopic (exact) mass is 398 g/mol. The molecular weight excluding hydrogens is 356 g/mol. The van der Waals surface area contributed by atoms with E-state index in [9.17, 15) is 14.7 Å². The second-order valence-electron chi connectivity index (χ2n) is 7.59. The Morgan fingerprint density at radius 1 is 0.893 bits per heavy atom. The molecule has 0 aliphatic heterocycles. The lowest BCUT2D eigenvalue weighted by Crippen LogP contribution is -2.32. The molecule has 0 heterocycles. The number of ether oxygens (including phenoxy) is 2. The average Bonchev–Trinajstić information content (AvgIpc) is 2.69. The Labute approximate surface area is 171 Å². The van der Waals surface area contributed by atoms with Crippen molar-refractivity contribution in [2.24, 2.45) is 0 Å². The second kappa shape index (κ2) is 19.0. The lowest BCUT2D eigenvalue weighted by molar-refractivity contribution is -0.155. The van der Waals surface area contributed by atoms with Crippen molar-refractivity contribution in [2.45, 2.75) is 116 Å². The van der Waals surface area contributed by atoms with Crippen molar-refractivity contribution in [3.8, 4) is 0 Å². The molecule has 0 aromatic rings. The number of aliphatic hydroxyl groups excluding tert-OH is 1. The van der Waals surface area contributed by atoms with Crippen LogP contribution in [0.5, 0.6) is 0 Å². The van der Waals surface area contributed by atoms with Crippen molar-refractivity contribution in [1.29, 1.82) is 0 Å². The third-order valence-corrected chi connectivity index (χ3v) is 4.91. The minimum atomic E-state index is -1.03. The minimum absolute atomic E-state index is 0.164. The number of rotatable bonds is 19. The molecule has 0 spiro atoms. The SMILES string of the molecule is C=CC(=O)OC(C)C(O)COC(=O)CCCCCCCCCCCCCCC. The number of esters is 2. The molecule has 0 bridgehead atoms. The van der Waals surface area contributed by atoms with Crippen LogP contribution in [0.1, 0.15) is 104 Å². The highest BCUT2D eigenvalue weighted by Crippen LogP contribution is 2.13. The lowest BCUT2D eigenvalue weighted by Gasteiger charge is -2.18. The molecule has 2 unspecified atom stereocenters. The summed E-state index contributed by atoms with van der Waals surface area (Å²) in [5.74, 6) is -0.922. The van der Waals surface area contributed by atoms with Crippen LogP contribution in [0.15, 0.2) is 12.7 Å². The van der Waals surface area contributed by atoms with Gasteiger partial charge in [-0.2, -0.15) is 0 Å². The smallest absolute Gasteiger partial charge is 0.330 e. The minimum Gasteiger partial charge on any atom is -0.463 e. The van der Waals surface area contributed by atoms with E-state index in [1.807, 2.05) is 0 Å². The van der Waals surface area contributed by atoms with Gasteiger partial charge in [0, 0.05) is 12.5 Å². The standard InChI is InChI=1S/C23H42O5/c1-4-6-7-8-9-10-11-12-13-14-15-16-17-18-23(26)27-19-21(24)20(3)28-22(25)5-2/h5,20-21,24H,2,4,6-19H2,1,3H3. The van der Waals surface area contributed by atoms with Crippen molar-refractivity contribution in [3.05, 3.63) is 12.7 Å². The third kappa shape index (κ3) is 16.8. The van der Waals surface area contributed by atoms with Crippen LogP contribution in [0.3, 0.4) is 0 Å². The number of hydrogen-bond acceptors (Lipinski definition) is 5. The van der Waals surface area contributed by atoms with Gasteiger partial charge in [0.25, 0.3) is 0 Å². The van der Waals surface area contributed by atoms with E-state index >= 15 is 0 Å². The van der Waals surface area contributed by atoms with E-state index < -0.39 is 18.2 Å². The summed E-state index contributed by atoms with van der Waals surface area (Å²) >= 11 is 0. The Bertz CT molecular complexity index is 408. The number of unbranched alkanes of at least 4 members (excludes halogenated alkanes) is 12. The summed E-state index contributed by atoms with van der Waals surface area (Å²) in [5, 5.41) is 9.81. The zero-order valence-electron chi connectivity index (χ0n) is 18.1. The first-order valence-corrected chi connectivity index (χ1v) is 11.2. The van der Waals surface area contributed by atoms with Crippen LogP contribution in [0.25, 0.3) is 0 Å². The summed E-state index contributed by atoms with van der Waals surface area (Å²) in [5.41, 5.74) is 0. The maximum Gasteiger partial charge on any atom is 0.330 e. The molecule has 28 heavy (non-hydrogen) atoms. The van der Waals surface area contributed by atoms with Crippen LogP contribution >= 0.6 is 0 Å². The zero-order chi connectivity index (χ0) is 21.0. The third-order valence-electron chi connectivity index (χ3n) is 4.91. The molecule has 0 rings (SSSR count). The summed E-state index contributed by atoms with van der Waals surface area (Å²) in [6, 6.07) is 0. The molecule has 0 aromatic carbocycles. The van der Waals surface area contributed by atoms with Crippen LogP contribution in [0, 0.1) is 0 Å². The number of hydrogen-bond donors (Lipinski definition) is 1. The highest BCUT2D eigenvalue weighted by atomic mass is 16.6. The van der Waals surface area contributed by atoms with Gasteiger partial charge in [0.05, 0.1) is 0 Å². The van der Waals surface area contributed by atoms with Crippen LogP contribution in [-0.4, -0.2) is 35.9 Å². The summed E-state index contributed by atoms with van der Waals surface area (Å²) in [4.78, 5) is 22.7. The summed E-state index contributed by atoms with van der Waals surface area (Å²) < 4.78 is 9.92. The van der Waals surface area contributed by atoms with E-state index in [-0.39, 0.29) is 12.6 Å². The Kier molecular flexibility index (Phi) is 18.1. The average molecular weight is 399 g/mol. The van der Waals surface area contributed by atoms with E-state index in [4.69, 9.17) is 9.47 Å². The highest BCUT2D eigenvalue weighted by molar-refractivity contribution is 5.81. The fraction of sp³-hybridized carbons (Fsp3) is 0.826. The van der Waals surface area contributed by atoms with Gasteiger partial charge in [0.15, 0.2) is 0 Å². The van der Waals surface area contributed by atoms with Crippen LogP contribution in [-0.2, 0) is 19.1 Å². The molecule has 164 valence electrons. The molecule has 2 atom stereocenters. The molecule has 0 amide bonds. The maximum absolute atomic E-state index is 11.7. The van der Waals surface area contributed by atoms with Gasteiger partial charge in [-0.1, -0.05) is 90.6 Å². The van der Waals surface area contributed by atoms with E-state index in [0.717, 1.165) is 25.3 Å². The largest absolute Gasteiger partial charge is 0.463 e. The quantitative estimate of drug-likeness (QED) is 0.177. The van der Waals surface area contributed by atoms with Gasteiger partial charge in [-0.15, -0.1) is 0 Å². The lowest BCUT2D eigenvalue weighted by atomic mass is 10.0. The molecule has 0 radical (unpaired) electrons. The van der Waals surface area contributed by atoms with Crippen molar-refractivity contribution in [1.82, 2.24) is 0 Å². The van der Waals surface area contributed by atoms with E-state index in [1.54, 1.807) is 6.92 Å². The van der Waals surface area contributed by atoms with Crippen LogP contribution < -0.4 is 0 Å². The molecule has 0 aromatic heterocycles. The Morgan fingerprint density at radius 2 is 1.36 bits per heavy atom. The van der Waals surface area contributed by atoms with E-state index in [2.05, 4.69) is 13.5 Å². The molecule has 5 nitrogen and oxygen atoms in total. The van der Waals surface area contributed by atoms with Crippen LogP contribution in [0.2, 0.25) is 0 Å². The molecule has 5 heteroatoms. The topological polar surface area (TPSA) is 72.8 Å². The number of aliphatic hydroxyl groups is 1. The van der Waals surface area contributed by atoms with Gasteiger partial charge in [-0.3, -0.25) is 4.79 Å². The summed E-state index contributed by atoms with van der Waals surface area (Å²) in [7, 11) is 0. The molecule has 1 N–H and O–H groups in total. The van der Waals surface area contributed by atoms with Crippen molar-refractivity contribution < 1.29 is 24.2 Å². The Morgan fingerprint density at radius 3 is 1.82 bits per heavy atom. The van der Waals surface area contributed by atoms with Gasteiger partial charge < -0.3 is 14.6 Å². The van der Waals surface area contributed by atoms with Gasteiger partial charge in [-0.05, 0) is 13.3 Å². The van der Waals surface area contributed by atoms with Crippen molar-refractivity contribution in [3.63, 3.8) is 0 Å². The first kappa shape index (κ1) is 26.6. The predicted molar refractivity (Wildman–Crippen MR) is 113 cm³/mol. The molecule has 0 saturated heterocycles. The molecular formula is C23H42O5. The summed E-state index contributed by atoms with van der Waals surface area (Å²) in [6.07, 6.45) is 16.0. The summed E-state index contributed by atoms with van der Waals surface area (Å²) in [6.45, 7) is 6.93. The van der Waals surface area contributed by atoms with Gasteiger partial charge in [0.2, 0.25) is 0 Å². The van der Waals surface area contributed by atoms with Crippen molar-refractivity contribution >= 4 is 11.9 Å². The normalized spacial score (nSPS) is 13.0. The van der Waals surface area contributed by atoms with E-state index in [1.165, 1.54) is 64.2 Å². The van der Waals surface area contributed by atoms with E-state index in [0.29, 0.717) is 6.42 Å². The Balaban J connectivity index is 3.43. The molecule has 0 aliphatic rings. The zero-order valence-corrected chi connectivity index (χ0v) is 18.1. The fourth-order valence-electron chi connectivity index (χ4n) is 2.98. The fourth-order valence-corrected chi connectivity index (χ4v) is 2.98. The van der Waals surface area contributed by atoms with Gasteiger partial charge >= 0.3 is 11.9 Å². The molecule has 0 aliphatic carbocycles. The number of carbonyl (C=O) groups is 2. The van der Waals surface area contributed by atoms with Crippen molar-refractivity contribution in [2.75, 3.05) is 6.61 Å². The maximum atomic E-state index is 11.7. The molecule has 0 fully saturated rings. The van der Waals surface area contributed by atoms with Gasteiger partial charge in [0.1, 0.15) is 18.8 Å². The van der Waals surface area contributed by atoms with Gasteiger partial charge in [-0.25, -0.2) is 4.79 Å². The predicted octanol–water partition coefficient (Wildman–Crippen LogP) is 5.49. The second-order valence-corrected chi connectivity index (χ2v) is 7.59. The Hall–Kier alpha value is -1.36. The van der Waals surface area contributed by atoms with Crippen LogP contribution in [0.4, 0.5) is 0 Å². The highest BCUT2D eigenvalue weighted by Gasteiger charge is 2.19. The first-order valence-electron chi connectivity index (χ1n) is 11.2. The first-order chi connectivity index (χ1) is 13.5. The number of carbonyl (C=O) groups excluding carboxylic acids is 2.